The summed E-state index contributed by atoms with van der Waals surface area (Å²) in [4.78, 5) is 25.1. The van der Waals surface area contributed by atoms with Crippen molar-refractivity contribution in [2.45, 2.75) is 20.0 Å². The molecule has 202 valence electrons. The Labute approximate surface area is 231 Å². The third-order valence-corrected chi connectivity index (χ3v) is 6.19. The predicted molar refractivity (Wildman–Crippen MR) is 144 cm³/mol. The van der Waals surface area contributed by atoms with Crippen molar-refractivity contribution in [1.29, 1.82) is 5.26 Å². The number of benzene rings is 3. The van der Waals surface area contributed by atoms with E-state index in [-0.39, 0.29) is 35.3 Å². The molecule has 0 unspecified atom stereocenters. The van der Waals surface area contributed by atoms with Gasteiger partial charge >= 0.3 is 6.18 Å². The summed E-state index contributed by atoms with van der Waals surface area (Å²) in [7, 11) is 1.38. The second-order valence-corrected chi connectivity index (χ2v) is 9.18. The Morgan fingerprint density at radius 3 is 2.46 bits per heavy atom. The standard InChI is InChI=1S/C28H23BrF3N3O4/c1-16-6-4-9-23(17(16)2)35-25(36)15-39-26-22(29)11-18(12-24(26)38-3)10-19(14-33)27(37)34-21-8-5-7-20(13-21)28(30,31)32/h4-13H,15H2,1-3H3,(H,34,37)(H,35,36)/b19-10+. The average molecular weight is 602 g/mol. The van der Waals surface area contributed by atoms with Gasteiger partial charge in [-0.2, -0.15) is 18.4 Å². The van der Waals surface area contributed by atoms with Gasteiger partial charge in [0.05, 0.1) is 17.1 Å². The summed E-state index contributed by atoms with van der Waals surface area (Å²) >= 11 is 3.35. The van der Waals surface area contributed by atoms with E-state index >= 15 is 0 Å². The molecule has 11 heteroatoms. The highest BCUT2D eigenvalue weighted by Gasteiger charge is 2.30. The van der Waals surface area contributed by atoms with Crippen LogP contribution < -0.4 is 20.1 Å². The van der Waals surface area contributed by atoms with Crippen LogP contribution in [0.4, 0.5) is 24.5 Å². The summed E-state index contributed by atoms with van der Waals surface area (Å²) in [6.07, 6.45) is -3.34. The van der Waals surface area contributed by atoms with E-state index in [4.69, 9.17) is 9.47 Å². The minimum absolute atomic E-state index is 0.113. The highest BCUT2D eigenvalue weighted by molar-refractivity contribution is 9.10. The third kappa shape index (κ3) is 7.61. The highest BCUT2D eigenvalue weighted by atomic mass is 79.9. The van der Waals surface area contributed by atoms with E-state index in [9.17, 15) is 28.0 Å². The van der Waals surface area contributed by atoms with E-state index in [0.29, 0.717) is 15.7 Å². The molecule has 0 atom stereocenters. The Hall–Kier alpha value is -4.30. The molecule has 0 aromatic heterocycles. The number of nitrogens with zero attached hydrogens (tertiary/aromatic N) is 1. The first-order chi connectivity index (χ1) is 18.4. The van der Waals surface area contributed by atoms with Crippen molar-refractivity contribution in [1.82, 2.24) is 0 Å². The molecular formula is C28H23BrF3N3O4. The lowest BCUT2D eigenvalue weighted by molar-refractivity contribution is -0.137. The normalized spacial score (nSPS) is 11.4. The summed E-state index contributed by atoms with van der Waals surface area (Å²) in [6.45, 7) is 3.51. The van der Waals surface area contributed by atoms with Crippen molar-refractivity contribution in [3.05, 3.63) is 86.9 Å². The number of anilines is 2. The molecule has 0 radical (unpaired) electrons. The highest BCUT2D eigenvalue weighted by Crippen LogP contribution is 2.37. The molecule has 0 spiro atoms. The second-order valence-electron chi connectivity index (χ2n) is 8.32. The minimum atomic E-state index is -4.58. The van der Waals surface area contributed by atoms with Crippen LogP contribution in [0.5, 0.6) is 11.5 Å². The molecule has 0 aliphatic carbocycles. The van der Waals surface area contributed by atoms with Crippen molar-refractivity contribution >= 4 is 45.2 Å². The van der Waals surface area contributed by atoms with Gasteiger partial charge in [0, 0.05) is 11.4 Å². The van der Waals surface area contributed by atoms with Gasteiger partial charge < -0.3 is 20.1 Å². The van der Waals surface area contributed by atoms with Gasteiger partial charge in [-0.25, -0.2) is 0 Å². The smallest absolute Gasteiger partial charge is 0.416 e. The summed E-state index contributed by atoms with van der Waals surface area (Å²) in [6, 6.07) is 14.4. The van der Waals surface area contributed by atoms with Gasteiger partial charge in [0.2, 0.25) is 0 Å². The Kier molecular flexibility index (Phi) is 9.37. The van der Waals surface area contributed by atoms with Crippen LogP contribution in [-0.4, -0.2) is 25.5 Å². The summed E-state index contributed by atoms with van der Waals surface area (Å²) < 4.78 is 50.3. The molecule has 2 N–H and O–H groups in total. The second kappa shape index (κ2) is 12.5. The average Bonchev–Trinajstić information content (AvgIpc) is 2.88. The summed E-state index contributed by atoms with van der Waals surface area (Å²) in [5.41, 5.74) is 1.59. The lowest BCUT2D eigenvalue weighted by atomic mass is 10.1. The van der Waals surface area contributed by atoms with Crippen LogP contribution in [0.2, 0.25) is 0 Å². The molecular weight excluding hydrogens is 579 g/mol. The minimum Gasteiger partial charge on any atom is -0.493 e. The lowest BCUT2D eigenvalue weighted by Gasteiger charge is -2.15. The van der Waals surface area contributed by atoms with Gasteiger partial charge in [-0.3, -0.25) is 9.59 Å². The van der Waals surface area contributed by atoms with E-state index in [0.717, 1.165) is 29.3 Å². The SMILES string of the molecule is COc1cc(/C=C(\C#N)C(=O)Nc2cccc(C(F)(F)F)c2)cc(Br)c1OCC(=O)Nc1cccc(C)c1C. The number of methoxy groups -OCH3 is 1. The number of nitrogens with one attached hydrogen (secondary N) is 2. The van der Waals surface area contributed by atoms with Gasteiger partial charge in [0.1, 0.15) is 11.6 Å². The van der Waals surface area contributed by atoms with Crippen LogP contribution >= 0.6 is 15.9 Å². The van der Waals surface area contributed by atoms with Gasteiger partial charge in [-0.15, -0.1) is 0 Å². The zero-order valence-electron chi connectivity index (χ0n) is 21.1. The number of carbonyl (C=O) groups excluding carboxylic acids is 2. The number of ether oxygens (including phenoxy) is 2. The number of aryl methyl sites for hydroxylation is 1. The van der Waals surface area contributed by atoms with Crippen molar-refractivity contribution in [2.75, 3.05) is 24.4 Å². The van der Waals surface area contributed by atoms with E-state index in [1.54, 1.807) is 12.1 Å². The van der Waals surface area contributed by atoms with Crippen LogP contribution in [0.15, 0.2) is 64.6 Å². The summed E-state index contributed by atoms with van der Waals surface area (Å²) in [5.74, 6) is -0.849. The quantitative estimate of drug-likeness (QED) is 0.222. The lowest BCUT2D eigenvalue weighted by Crippen LogP contribution is -2.21. The predicted octanol–water partition coefficient (Wildman–Crippen LogP) is 6.66. The zero-order valence-corrected chi connectivity index (χ0v) is 22.7. The number of nitriles is 1. The molecule has 0 heterocycles. The molecule has 3 rings (SSSR count). The molecule has 39 heavy (non-hydrogen) atoms. The molecule has 3 aromatic rings. The Balaban J connectivity index is 1.76. The van der Waals surface area contributed by atoms with E-state index < -0.39 is 17.6 Å². The Bertz CT molecular complexity index is 1480. The van der Waals surface area contributed by atoms with Gasteiger partial charge in [-0.05, 0) is 88.9 Å². The maximum absolute atomic E-state index is 13.0. The van der Waals surface area contributed by atoms with Crippen LogP contribution in [0.1, 0.15) is 22.3 Å². The largest absolute Gasteiger partial charge is 0.493 e. The van der Waals surface area contributed by atoms with Gasteiger partial charge in [-0.1, -0.05) is 18.2 Å². The van der Waals surface area contributed by atoms with Crippen molar-refractivity contribution in [2.24, 2.45) is 0 Å². The van der Waals surface area contributed by atoms with Gasteiger partial charge in [0.25, 0.3) is 11.8 Å². The Morgan fingerprint density at radius 1 is 1.08 bits per heavy atom. The maximum atomic E-state index is 13.0. The fourth-order valence-corrected chi connectivity index (χ4v) is 4.03. The maximum Gasteiger partial charge on any atom is 0.416 e. The Morgan fingerprint density at radius 2 is 1.79 bits per heavy atom. The molecule has 0 saturated carbocycles. The molecule has 0 bridgehead atoms. The molecule has 7 nitrogen and oxygen atoms in total. The first-order valence-electron chi connectivity index (χ1n) is 11.4. The van der Waals surface area contributed by atoms with Gasteiger partial charge in [0.15, 0.2) is 18.1 Å². The summed E-state index contributed by atoms with van der Waals surface area (Å²) in [5, 5.41) is 14.6. The number of carbonyl (C=O) groups is 2. The number of halogens is 4. The molecule has 0 fully saturated rings. The van der Waals surface area contributed by atoms with Crippen molar-refractivity contribution < 1.29 is 32.2 Å². The molecule has 0 saturated heterocycles. The van der Waals surface area contributed by atoms with Crippen molar-refractivity contribution in [3.8, 4) is 17.6 Å². The van der Waals surface area contributed by atoms with E-state index in [2.05, 4.69) is 26.6 Å². The first-order valence-corrected chi connectivity index (χ1v) is 12.2. The zero-order chi connectivity index (χ0) is 28.7. The molecule has 0 aliphatic rings. The van der Waals surface area contributed by atoms with Crippen LogP contribution in [0.25, 0.3) is 6.08 Å². The number of alkyl halides is 3. The molecule has 2 amide bonds. The van der Waals surface area contributed by atoms with E-state index in [1.807, 2.05) is 26.0 Å². The monoisotopic (exact) mass is 601 g/mol. The number of hydrogen-bond donors (Lipinski definition) is 2. The van der Waals surface area contributed by atoms with Crippen molar-refractivity contribution in [3.63, 3.8) is 0 Å². The van der Waals surface area contributed by atoms with Crippen LogP contribution in [0.3, 0.4) is 0 Å². The third-order valence-electron chi connectivity index (χ3n) is 5.60. The van der Waals surface area contributed by atoms with Crippen LogP contribution in [0, 0.1) is 25.2 Å². The fraction of sp³-hybridized carbons (Fsp3) is 0.179. The molecule has 3 aromatic carbocycles. The fourth-order valence-electron chi connectivity index (χ4n) is 3.46. The number of rotatable bonds is 8. The topological polar surface area (TPSA) is 100 Å². The van der Waals surface area contributed by atoms with E-state index in [1.165, 1.54) is 31.4 Å². The number of hydrogen-bond acceptors (Lipinski definition) is 5. The van der Waals surface area contributed by atoms with Crippen LogP contribution in [-0.2, 0) is 15.8 Å². The first kappa shape index (κ1) is 29.3. The molecule has 0 aliphatic heterocycles. The number of amides is 2.